The van der Waals surface area contributed by atoms with Crippen molar-refractivity contribution in [2.24, 2.45) is 5.73 Å². The predicted molar refractivity (Wildman–Crippen MR) is 64.4 cm³/mol. The topological polar surface area (TPSA) is 142 Å². The fourth-order valence-corrected chi connectivity index (χ4v) is 2.99. The van der Waals surface area contributed by atoms with Gasteiger partial charge in [0.2, 0.25) is 0 Å². The fraction of sp³-hybridized carbons (Fsp3) is 0.556. The van der Waals surface area contributed by atoms with Gasteiger partial charge in [0.25, 0.3) is 0 Å². The van der Waals surface area contributed by atoms with E-state index in [0.717, 1.165) is 5.69 Å². The predicted octanol–water partition coefficient (Wildman–Crippen LogP) is -1.06. The summed E-state index contributed by atoms with van der Waals surface area (Å²) in [5, 5.41) is 7.61. The summed E-state index contributed by atoms with van der Waals surface area (Å²) < 4.78 is 34.9. The molecule has 1 fully saturated rings. The highest BCUT2D eigenvalue weighted by Crippen LogP contribution is 2.39. The number of aromatic nitrogens is 2. The molecule has 1 aromatic rings. The average Bonchev–Trinajstić information content (AvgIpc) is 2.85. The Morgan fingerprint density at radius 2 is 2.30 bits per heavy atom. The second-order valence-electron chi connectivity index (χ2n) is 4.61. The van der Waals surface area contributed by atoms with Crippen LogP contribution in [0.15, 0.2) is 0 Å². The highest BCUT2D eigenvalue weighted by Gasteiger charge is 2.47. The van der Waals surface area contributed by atoms with Gasteiger partial charge in [-0.15, -0.1) is 4.28 Å². The van der Waals surface area contributed by atoms with E-state index in [4.69, 9.17) is 10.3 Å². The van der Waals surface area contributed by atoms with Crippen LogP contribution in [-0.2, 0) is 27.6 Å². The number of carbonyl (C=O) groups is 1. The van der Waals surface area contributed by atoms with E-state index in [-0.39, 0.29) is 13.1 Å². The molecule has 0 saturated carbocycles. The molecule has 1 atom stereocenters. The van der Waals surface area contributed by atoms with Crippen molar-refractivity contribution in [2.75, 3.05) is 13.1 Å². The Morgan fingerprint density at radius 1 is 1.55 bits per heavy atom. The zero-order valence-corrected chi connectivity index (χ0v) is 11.1. The van der Waals surface area contributed by atoms with Gasteiger partial charge in [0.1, 0.15) is 6.04 Å². The van der Waals surface area contributed by atoms with Crippen LogP contribution in [0.2, 0.25) is 0 Å². The van der Waals surface area contributed by atoms with Crippen LogP contribution >= 0.6 is 0 Å². The van der Waals surface area contributed by atoms with Crippen molar-refractivity contribution in [2.45, 2.75) is 19.0 Å². The molecule has 0 spiro atoms. The van der Waals surface area contributed by atoms with Crippen LogP contribution in [0.1, 0.15) is 23.0 Å². The molecule has 0 radical (unpaired) electrons. The van der Waals surface area contributed by atoms with Crippen LogP contribution in [0.4, 0.5) is 4.79 Å². The van der Waals surface area contributed by atoms with Crippen LogP contribution in [-0.4, -0.2) is 52.3 Å². The summed E-state index contributed by atoms with van der Waals surface area (Å²) in [6, 6.07) is -1.25. The van der Waals surface area contributed by atoms with E-state index < -0.39 is 22.5 Å². The maximum atomic E-state index is 12.0. The Labute approximate surface area is 114 Å². The van der Waals surface area contributed by atoms with Crippen LogP contribution in [0, 0.1) is 0 Å². The molecule has 2 aliphatic heterocycles. The van der Waals surface area contributed by atoms with Crippen LogP contribution < -0.4 is 5.73 Å². The minimum Gasteiger partial charge on any atom is -0.330 e. The van der Waals surface area contributed by atoms with E-state index >= 15 is 0 Å². The number of carbonyl (C=O) groups excluding carboxylic acids is 1. The molecule has 0 aromatic carbocycles. The number of fused-ring (bicyclic) bond motifs is 4. The summed E-state index contributed by atoms with van der Waals surface area (Å²) in [6.45, 7) is 0.937. The third-order valence-electron chi connectivity index (χ3n) is 3.34. The summed E-state index contributed by atoms with van der Waals surface area (Å²) in [7, 11) is -4.77. The summed E-state index contributed by atoms with van der Waals surface area (Å²) in [6.07, 6.45) is 0.496. The Balaban J connectivity index is 2.00. The highest BCUT2D eigenvalue weighted by atomic mass is 32.3. The average molecular weight is 303 g/mol. The second kappa shape index (κ2) is 4.41. The zero-order chi connectivity index (χ0) is 14.5. The first-order valence-electron chi connectivity index (χ1n) is 5.92. The molecule has 4 N–H and O–H groups in total. The molecule has 10 nitrogen and oxygen atoms in total. The van der Waals surface area contributed by atoms with Crippen molar-refractivity contribution in [3.05, 3.63) is 17.0 Å². The van der Waals surface area contributed by atoms with Crippen LogP contribution in [0.3, 0.4) is 0 Å². The van der Waals surface area contributed by atoms with Gasteiger partial charge in [-0.3, -0.25) is 9.65 Å². The van der Waals surface area contributed by atoms with Gasteiger partial charge in [-0.25, -0.2) is 4.79 Å². The Morgan fingerprint density at radius 3 is 2.95 bits per heavy atom. The quantitative estimate of drug-likeness (QED) is 0.601. The van der Waals surface area contributed by atoms with Crippen molar-refractivity contribution >= 4 is 16.4 Å². The van der Waals surface area contributed by atoms with Crippen LogP contribution in [0.25, 0.3) is 0 Å². The normalized spacial score (nSPS) is 21.5. The SMILES string of the molecule is NCCc1n[nH]c2c1C1CN(C2)C(=O)N1OS(=O)(=O)O. The van der Waals surface area contributed by atoms with Gasteiger partial charge in [-0.05, 0) is 6.54 Å². The number of hydroxylamine groups is 2. The van der Waals surface area contributed by atoms with Gasteiger partial charge in [0, 0.05) is 12.0 Å². The molecule has 1 saturated heterocycles. The van der Waals surface area contributed by atoms with Crippen molar-refractivity contribution in [1.82, 2.24) is 20.2 Å². The standard InChI is InChI=1S/C9H13N5O5S/c10-2-1-5-8-6(12-11-5)3-13-4-7(8)14(9(13)15)19-20(16,17)18/h7H,1-4,10H2,(H,11,12)(H,16,17,18). The molecule has 20 heavy (non-hydrogen) atoms. The lowest BCUT2D eigenvalue weighted by Crippen LogP contribution is -2.32. The van der Waals surface area contributed by atoms with Crippen molar-refractivity contribution in [3.8, 4) is 0 Å². The van der Waals surface area contributed by atoms with E-state index in [1.807, 2.05) is 0 Å². The molecule has 3 rings (SSSR count). The molecule has 1 aromatic heterocycles. The Kier molecular flexibility index (Phi) is 2.93. The van der Waals surface area contributed by atoms with E-state index in [1.165, 1.54) is 4.90 Å². The number of amides is 2. The number of H-pyrrole nitrogens is 1. The second-order valence-corrected chi connectivity index (χ2v) is 5.61. The smallest absolute Gasteiger partial charge is 0.330 e. The molecule has 3 heterocycles. The van der Waals surface area contributed by atoms with E-state index in [1.54, 1.807) is 0 Å². The molecule has 2 aliphatic rings. The first kappa shape index (κ1) is 13.3. The van der Waals surface area contributed by atoms with Crippen molar-refractivity contribution in [3.63, 3.8) is 0 Å². The fourth-order valence-electron chi connectivity index (χ4n) is 2.62. The van der Waals surface area contributed by atoms with Gasteiger partial charge in [0.15, 0.2) is 0 Å². The summed E-state index contributed by atoms with van der Waals surface area (Å²) in [5.41, 5.74) is 7.61. The van der Waals surface area contributed by atoms with Crippen LogP contribution in [0.5, 0.6) is 0 Å². The Hall–Kier alpha value is -1.69. The molecule has 2 bridgehead atoms. The number of urea groups is 1. The zero-order valence-electron chi connectivity index (χ0n) is 10.3. The van der Waals surface area contributed by atoms with Gasteiger partial charge >= 0.3 is 16.4 Å². The van der Waals surface area contributed by atoms with Crippen molar-refractivity contribution in [1.29, 1.82) is 0 Å². The maximum absolute atomic E-state index is 12.0. The van der Waals surface area contributed by atoms with E-state index in [0.29, 0.717) is 29.3 Å². The molecular formula is C9H13N5O5S. The summed E-state index contributed by atoms with van der Waals surface area (Å²) in [4.78, 5) is 13.4. The lowest BCUT2D eigenvalue weighted by Gasteiger charge is -2.22. The first-order chi connectivity index (χ1) is 9.40. The lowest BCUT2D eigenvalue weighted by atomic mass is 10.00. The number of nitrogens with two attached hydrogens (primary N) is 1. The monoisotopic (exact) mass is 303 g/mol. The molecular weight excluding hydrogens is 290 g/mol. The maximum Gasteiger partial charge on any atom is 0.418 e. The number of nitrogens with zero attached hydrogens (tertiary/aromatic N) is 3. The molecule has 11 heteroatoms. The Bertz CT molecular complexity index is 656. The number of rotatable bonds is 4. The number of aromatic amines is 1. The molecule has 1 unspecified atom stereocenters. The van der Waals surface area contributed by atoms with Gasteiger partial charge < -0.3 is 10.6 Å². The largest absolute Gasteiger partial charge is 0.418 e. The molecule has 0 aliphatic carbocycles. The van der Waals surface area contributed by atoms with Crippen molar-refractivity contribution < 1.29 is 22.0 Å². The minimum atomic E-state index is -4.77. The summed E-state index contributed by atoms with van der Waals surface area (Å²) >= 11 is 0. The van der Waals surface area contributed by atoms with Gasteiger partial charge in [-0.2, -0.15) is 18.6 Å². The number of hydrogen-bond acceptors (Lipinski definition) is 6. The molecule has 110 valence electrons. The van der Waals surface area contributed by atoms with Gasteiger partial charge in [0.05, 0.1) is 24.5 Å². The number of nitrogens with one attached hydrogen (secondary N) is 1. The lowest BCUT2D eigenvalue weighted by molar-refractivity contribution is -0.0318. The third-order valence-corrected chi connectivity index (χ3v) is 3.68. The third kappa shape index (κ3) is 2.04. The van der Waals surface area contributed by atoms with E-state index in [2.05, 4.69) is 14.5 Å². The minimum absolute atomic E-state index is 0.276. The van der Waals surface area contributed by atoms with Gasteiger partial charge in [-0.1, -0.05) is 0 Å². The highest BCUT2D eigenvalue weighted by molar-refractivity contribution is 7.80. The van der Waals surface area contributed by atoms with E-state index in [9.17, 15) is 13.2 Å². The number of hydrogen-bond donors (Lipinski definition) is 3. The first-order valence-corrected chi connectivity index (χ1v) is 7.28. The molecule has 2 amide bonds. The summed E-state index contributed by atoms with van der Waals surface area (Å²) in [5.74, 6) is 0.